The molecule has 0 unspecified atom stereocenters. The highest BCUT2D eigenvalue weighted by atomic mass is 16.3. The Balaban J connectivity index is 2.07. The van der Waals surface area contributed by atoms with Gasteiger partial charge in [-0.25, -0.2) is 0 Å². The Bertz CT molecular complexity index is 520. The zero-order valence-corrected chi connectivity index (χ0v) is 11.8. The molecule has 1 N–H and O–H groups in total. The fraction of sp³-hybridized carbons (Fsp3) is 0.588. The van der Waals surface area contributed by atoms with Crippen molar-refractivity contribution >= 4 is 5.78 Å². The van der Waals surface area contributed by atoms with Crippen LogP contribution in [0.5, 0.6) is 5.75 Å². The van der Waals surface area contributed by atoms with Gasteiger partial charge in [-0.05, 0) is 60.3 Å². The van der Waals surface area contributed by atoms with Crippen LogP contribution in [0.4, 0.5) is 0 Å². The first-order valence-corrected chi connectivity index (χ1v) is 7.41. The third kappa shape index (κ3) is 1.80. The Kier molecular flexibility index (Phi) is 2.92. The minimum atomic E-state index is 0.121. The molecule has 0 spiro atoms. The van der Waals surface area contributed by atoms with Crippen LogP contribution in [-0.2, 0) is 16.6 Å². The van der Waals surface area contributed by atoms with Crippen LogP contribution >= 0.6 is 0 Å². The van der Waals surface area contributed by atoms with Crippen molar-refractivity contribution in [2.24, 2.45) is 11.8 Å². The van der Waals surface area contributed by atoms with E-state index in [1.165, 1.54) is 11.1 Å². The largest absolute Gasteiger partial charge is 0.508 e. The molecule has 2 aliphatic carbocycles. The van der Waals surface area contributed by atoms with Crippen molar-refractivity contribution < 1.29 is 9.90 Å². The first kappa shape index (κ1) is 12.7. The maximum Gasteiger partial charge on any atom is 0.136 e. The van der Waals surface area contributed by atoms with Crippen molar-refractivity contribution in [2.75, 3.05) is 0 Å². The number of ketones is 1. The van der Waals surface area contributed by atoms with Gasteiger partial charge in [-0.1, -0.05) is 19.9 Å². The van der Waals surface area contributed by atoms with E-state index in [1.807, 2.05) is 6.07 Å². The number of phenols is 1. The number of aryl methyl sites for hydroxylation is 1. The first-order chi connectivity index (χ1) is 9.06. The number of fused-ring (bicyclic) bond motifs is 3. The van der Waals surface area contributed by atoms with E-state index < -0.39 is 0 Å². The van der Waals surface area contributed by atoms with Gasteiger partial charge >= 0.3 is 0 Å². The van der Waals surface area contributed by atoms with Gasteiger partial charge in [0, 0.05) is 12.3 Å². The molecule has 1 saturated carbocycles. The van der Waals surface area contributed by atoms with Gasteiger partial charge in [0.2, 0.25) is 0 Å². The highest BCUT2D eigenvalue weighted by Gasteiger charge is 2.48. The quantitative estimate of drug-likeness (QED) is 0.835. The van der Waals surface area contributed by atoms with Gasteiger partial charge in [0.05, 0.1) is 0 Å². The normalized spacial score (nSPS) is 33.7. The fourth-order valence-corrected chi connectivity index (χ4v) is 4.44. The number of aromatic hydroxyl groups is 1. The molecule has 0 aliphatic heterocycles. The fourth-order valence-electron chi connectivity index (χ4n) is 4.44. The number of carbonyl (C=O) groups excluding carboxylic acids is 1. The standard InChI is InChI=1S/C17H22O2/c1-3-13-15-6-4-11-10-12(18)5-7-14(11)17(15,2)9-8-16(13)19/h5,7,10,13,15,18H,3-4,6,8-9H2,1-2H3/t13-,15-,17+/m1/s1. The topological polar surface area (TPSA) is 37.3 Å². The number of carbonyl (C=O) groups is 1. The molecule has 0 radical (unpaired) electrons. The van der Waals surface area contributed by atoms with Crippen molar-refractivity contribution in [3.05, 3.63) is 29.3 Å². The highest BCUT2D eigenvalue weighted by molar-refractivity contribution is 5.83. The second-order valence-electron chi connectivity index (χ2n) is 6.39. The molecular formula is C17H22O2. The lowest BCUT2D eigenvalue weighted by atomic mass is 9.54. The lowest BCUT2D eigenvalue weighted by Gasteiger charge is -2.49. The third-order valence-corrected chi connectivity index (χ3v) is 5.48. The summed E-state index contributed by atoms with van der Waals surface area (Å²) in [6, 6.07) is 5.79. The molecule has 102 valence electrons. The molecule has 1 aromatic rings. The summed E-state index contributed by atoms with van der Waals surface area (Å²) in [5.41, 5.74) is 2.77. The summed E-state index contributed by atoms with van der Waals surface area (Å²) in [5.74, 6) is 1.54. The summed E-state index contributed by atoms with van der Waals surface area (Å²) in [4.78, 5) is 12.1. The van der Waals surface area contributed by atoms with E-state index in [4.69, 9.17) is 0 Å². The average Bonchev–Trinajstić information content (AvgIpc) is 2.39. The molecule has 2 heteroatoms. The number of hydrogen-bond acceptors (Lipinski definition) is 2. The van der Waals surface area contributed by atoms with Crippen molar-refractivity contribution in [2.45, 2.75) is 51.4 Å². The molecular weight excluding hydrogens is 236 g/mol. The molecule has 0 heterocycles. The molecule has 0 bridgehead atoms. The monoisotopic (exact) mass is 258 g/mol. The zero-order chi connectivity index (χ0) is 13.6. The van der Waals surface area contributed by atoms with E-state index in [9.17, 15) is 9.90 Å². The summed E-state index contributed by atoms with van der Waals surface area (Å²) in [5, 5.41) is 9.65. The molecule has 19 heavy (non-hydrogen) atoms. The molecule has 3 rings (SSSR count). The van der Waals surface area contributed by atoms with Crippen LogP contribution < -0.4 is 0 Å². The molecule has 3 atom stereocenters. The molecule has 0 amide bonds. The van der Waals surface area contributed by atoms with Crippen LogP contribution in [0.1, 0.15) is 50.7 Å². The predicted molar refractivity (Wildman–Crippen MR) is 75.3 cm³/mol. The minimum Gasteiger partial charge on any atom is -0.508 e. The number of rotatable bonds is 1. The maximum absolute atomic E-state index is 12.1. The lowest BCUT2D eigenvalue weighted by Crippen LogP contribution is -2.47. The Morgan fingerprint density at radius 2 is 2.16 bits per heavy atom. The van der Waals surface area contributed by atoms with Crippen molar-refractivity contribution in [3.8, 4) is 5.75 Å². The molecule has 2 aliphatic rings. The van der Waals surface area contributed by atoms with Crippen LogP contribution in [0, 0.1) is 11.8 Å². The number of benzene rings is 1. The molecule has 1 fully saturated rings. The van der Waals surface area contributed by atoms with Gasteiger partial charge < -0.3 is 5.11 Å². The van der Waals surface area contributed by atoms with Crippen LogP contribution in [0.2, 0.25) is 0 Å². The van der Waals surface area contributed by atoms with Crippen LogP contribution in [0.3, 0.4) is 0 Å². The summed E-state index contributed by atoms with van der Waals surface area (Å²) >= 11 is 0. The summed E-state index contributed by atoms with van der Waals surface area (Å²) in [6.07, 6.45) is 4.72. The second kappa shape index (κ2) is 4.36. The van der Waals surface area contributed by atoms with E-state index in [0.29, 0.717) is 23.9 Å². The van der Waals surface area contributed by atoms with E-state index in [1.54, 1.807) is 6.07 Å². The van der Waals surface area contributed by atoms with Gasteiger partial charge in [-0.2, -0.15) is 0 Å². The SMILES string of the molecule is CC[C@H]1C(=O)CC[C@@]2(C)c3ccc(O)cc3CC[C@H]12. The molecule has 0 saturated heterocycles. The summed E-state index contributed by atoms with van der Waals surface area (Å²) < 4.78 is 0. The number of hydrogen-bond donors (Lipinski definition) is 1. The highest BCUT2D eigenvalue weighted by Crippen LogP contribution is 2.52. The van der Waals surface area contributed by atoms with E-state index >= 15 is 0 Å². The zero-order valence-electron chi connectivity index (χ0n) is 11.8. The van der Waals surface area contributed by atoms with Gasteiger partial charge in [-0.15, -0.1) is 0 Å². The Morgan fingerprint density at radius 3 is 2.89 bits per heavy atom. The third-order valence-electron chi connectivity index (χ3n) is 5.48. The number of Topliss-reactive ketones (excluding diaryl/α,β-unsaturated/α-hetero) is 1. The average molecular weight is 258 g/mol. The summed E-state index contributed by atoms with van der Waals surface area (Å²) in [7, 11) is 0. The van der Waals surface area contributed by atoms with E-state index in [2.05, 4.69) is 19.9 Å². The van der Waals surface area contributed by atoms with Gasteiger partial charge in [-0.3, -0.25) is 4.79 Å². The van der Waals surface area contributed by atoms with Crippen LogP contribution in [-0.4, -0.2) is 10.9 Å². The van der Waals surface area contributed by atoms with Gasteiger partial charge in [0.1, 0.15) is 11.5 Å². The Labute approximate surface area is 114 Å². The molecule has 2 nitrogen and oxygen atoms in total. The second-order valence-corrected chi connectivity index (χ2v) is 6.39. The minimum absolute atomic E-state index is 0.121. The smallest absolute Gasteiger partial charge is 0.136 e. The summed E-state index contributed by atoms with van der Waals surface area (Å²) in [6.45, 7) is 4.46. The lowest BCUT2D eigenvalue weighted by molar-refractivity contribution is -0.129. The van der Waals surface area contributed by atoms with Crippen molar-refractivity contribution in [1.82, 2.24) is 0 Å². The van der Waals surface area contributed by atoms with E-state index in [-0.39, 0.29) is 11.3 Å². The molecule has 1 aromatic carbocycles. The maximum atomic E-state index is 12.1. The van der Waals surface area contributed by atoms with Gasteiger partial charge in [0.15, 0.2) is 0 Å². The number of phenolic OH excluding ortho intramolecular Hbond substituents is 1. The Morgan fingerprint density at radius 1 is 1.37 bits per heavy atom. The Hall–Kier alpha value is -1.31. The van der Waals surface area contributed by atoms with E-state index in [0.717, 1.165) is 25.7 Å². The molecule has 0 aromatic heterocycles. The first-order valence-electron chi connectivity index (χ1n) is 7.41. The van der Waals surface area contributed by atoms with Crippen molar-refractivity contribution in [3.63, 3.8) is 0 Å². The van der Waals surface area contributed by atoms with Crippen LogP contribution in [0.15, 0.2) is 18.2 Å². The van der Waals surface area contributed by atoms with Gasteiger partial charge in [0.25, 0.3) is 0 Å². The predicted octanol–water partition coefficient (Wildman–Crippen LogP) is 3.60. The van der Waals surface area contributed by atoms with Crippen LogP contribution in [0.25, 0.3) is 0 Å². The van der Waals surface area contributed by atoms with Crippen molar-refractivity contribution in [1.29, 1.82) is 0 Å².